The fraction of sp³-hybridized carbons (Fsp3) is 0.438. The van der Waals surface area contributed by atoms with Crippen LogP contribution in [-0.2, 0) is 7.05 Å². The van der Waals surface area contributed by atoms with Crippen LogP contribution in [0.15, 0.2) is 30.5 Å². The van der Waals surface area contributed by atoms with Gasteiger partial charge in [0.25, 0.3) is 0 Å². The minimum atomic E-state index is -0.437. The van der Waals surface area contributed by atoms with Gasteiger partial charge in [-0.2, -0.15) is 5.26 Å². The molecule has 0 radical (unpaired) electrons. The van der Waals surface area contributed by atoms with Crippen molar-refractivity contribution < 1.29 is 0 Å². The molecule has 0 aliphatic rings. The topological polar surface area (TPSA) is 32.0 Å². The van der Waals surface area contributed by atoms with Crippen molar-refractivity contribution in [3.8, 4) is 6.07 Å². The van der Waals surface area contributed by atoms with Gasteiger partial charge in [-0.25, -0.2) is 0 Å². The van der Waals surface area contributed by atoms with E-state index in [2.05, 4.69) is 47.0 Å². The van der Waals surface area contributed by atoms with E-state index in [9.17, 15) is 5.26 Å². The second kappa shape index (κ2) is 4.71. The molecule has 0 amide bonds. The van der Waals surface area contributed by atoms with E-state index in [-0.39, 0.29) is 6.04 Å². The molecule has 1 atom stereocenters. The number of aryl methyl sites for hydroxylation is 1. The number of hydrogen-bond acceptors (Lipinski definition) is 2. The van der Waals surface area contributed by atoms with Crippen LogP contribution in [0, 0.1) is 16.7 Å². The highest BCUT2D eigenvalue weighted by Gasteiger charge is 2.34. The van der Waals surface area contributed by atoms with Gasteiger partial charge in [0.1, 0.15) is 0 Å². The third-order valence-electron chi connectivity index (χ3n) is 3.71. The number of benzene rings is 1. The van der Waals surface area contributed by atoms with Crippen molar-refractivity contribution in [3.63, 3.8) is 0 Å². The molecule has 1 aromatic carbocycles. The predicted octanol–water partition coefficient (Wildman–Crippen LogP) is 3.33. The van der Waals surface area contributed by atoms with Crippen LogP contribution in [0.2, 0.25) is 0 Å². The fourth-order valence-corrected chi connectivity index (χ4v) is 2.96. The molecule has 1 heterocycles. The zero-order valence-electron chi connectivity index (χ0n) is 12.3. The average Bonchev–Trinajstić information content (AvgIpc) is 2.67. The predicted molar refractivity (Wildman–Crippen MR) is 78.7 cm³/mol. The molecule has 2 aromatic rings. The maximum absolute atomic E-state index is 9.47. The van der Waals surface area contributed by atoms with E-state index in [0.29, 0.717) is 0 Å². The fourth-order valence-electron chi connectivity index (χ4n) is 2.96. The largest absolute Gasteiger partial charge is 0.350 e. The van der Waals surface area contributed by atoms with Crippen molar-refractivity contribution in [1.82, 2.24) is 9.47 Å². The van der Waals surface area contributed by atoms with Crippen molar-refractivity contribution in [3.05, 3.63) is 36.0 Å². The maximum atomic E-state index is 9.47. The van der Waals surface area contributed by atoms with Gasteiger partial charge in [-0.05, 0) is 39.6 Å². The van der Waals surface area contributed by atoms with Gasteiger partial charge in [-0.15, -0.1) is 0 Å². The zero-order chi connectivity index (χ0) is 14.2. The third kappa shape index (κ3) is 2.24. The van der Waals surface area contributed by atoms with Gasteiger partial charge in [-0.3, -0.25) is 0 Å². The first-order valence-corrected chi connectivity index (χ1v) is 6.50. The van der Waals surface area contributed by atoms with Gasteiger partial charge in [0.05, 0.1) is 17.5 Å². The number of para-hydroxylation sites is 1. The summed E-state index contributed by atoms with van der Waals surface area (Å²) < 4.78 is 2.13. The molecule has 0 spiro atoms. The van der Waals surface area contributed by atoms with E-state index in [0.717, 1.165) is 0 Å². The highest BCUT2D eigenvalue weighted by atomic mass is 15.1. The summed E-state index contributed by atoms with van der Waals surface area (Å²) in [6.07, 6.45) is 2.15. The second-order valence-electron chi connectivity index (χ2n) is 5.91. The molecule has 0 saturated carbocycles. The lowest BCUT2D eigenvalue weighted by Crippen LogP contribution is -2.32. The van der Waals surface area contributed by atoms with E-state index >= 15 is 0 Å². The lowest BCUT2D eigenvalue weighted by molar-refractivity contribution is 0.186. The van der Waals surface area contributed by atoms with Crippen LogP contribution in [0.1, 0.15) is 25.5 Å². The summed E-state index contributed by atoms with van der Waals surface area (Å²) in [6.45, 7) is 4.00. The smallest absolute Gasteiger partial charge is 0.0714 e. The molecule has 0 aliphatic carbocycles. The Bertz CT molecular complexity index is 629. The highest BCUT2D eigenvalue weighted by Crippen LogP contribution is 2.40. The Morgan fingerprint density at radius 2 is 1.89 bits per heavy atom. The van der Waals surface area contributed by atoms with Gasteiger partial charge in [0, 0.05) is 24.1 Å². The Labute approximate surface area is 115 Å². The number of nitriles is 1. The molecule has 1 aromatic heterocycles. The van der Waals surface area contributed by atoms with Gasteiger partial charge in [-0.1, -0.05) is 18.2 Å². The van der Waals surface area contributed by atoms with Crippen molar-refractivity contribution >= 4 is 10.9 Å². The van der Waals surface area contributed by atoms with Crippen LogP contribution in [0.4, 0.5) is 0 Å². The summed E-state index contributed by atoms with van der Waals surface area (Å²) in [4.78, 5) is 2.13. The number of aromatic nitrogens is 1. The molecule has 0 bridgehead atoms. The monoisotopic (exact) mass is 255 g/mol. The van der Waals surface area contributed by atoms with Crippen molar-refractivity contribution in [2.45, 2.75) is 19.9 Å². The lowest BCUT2D eigenvalue weighted by Gasteiger charge is -2.33. The maximum Gasteiger partial charge on any atom is 0.0714 e. The van der Waals surface area contributed by atoms with Crippen LogP contribution in [0.3, 0.4) is 0 Å². The Kier molecular flexibility index (Phi) is 3.38. The van der Waals surface area contributed by atoms with Crippen LogP contribution < -0.4 is 0 Å². The van der Waals surface area contributed by atoms with Crippen molar-refractivity contribution in [2.24, 2.45) is 12.5 Å². The first-order valence-electron chi connectivity index (χ1n) is 6.50. The molecule has 3 nitrogen and oxygen atoms in total. The van der Waals surface area contributed by atoms with E-state index in [1.165, 1.54) is 16.5 Å². The van der Waals surface area contributed by atoms with E-state index < -0.39 is 5.41 Å². The molecule has 0 saturated heterocycles. The summed E-state index contributed by atoms with van der Waals surface area (Å²) in [6, 6.07) is 10.9. The molecule has 0 fully saturated rings. The van der Waals surface area contributed by atoms with Crippen LogP contribution in [-0.4, -0.2) is 23.6 Å². The molecule has 0 aliphatic heterocycles. The number of hydrogen-bond donors (Lipinski definition) is 0. The first-order chi connectivity index (χ1) is 8.88. The quantitative estimate of drug-likeness (QED) is 0.842. The Morgan fingerprint density at radius 1 is 1.26 bits per heavy atom. The molecular formula is C16H21N3. The van der Waals surface area contributed by atoms with E-state index in [1.807, 2.05) is 34.0 Å². The van der Waals surface area contributed by atoms with Gasteiger partial charge >= 0.3 is 0 Å². The number of rotatable bonds is 3. The SMILES string of the molecule is CN(C)C(c1cn(C)c2ccccc12)C(C)(C)C#N. The molecule has 1 unspecified atom stereocenters. The Hall–Kier alpha value is -1.79. The molecule has 0 N–H and O–H groups in total. The average molecular weight is 255 g/mol. The van der Waals surface area contributed by atoms with Crippen LogP contribution in [0.5, 0.6) is 0 Å². The number of nitrogens with zero attached hydrogens (tertiary/aromatic N) is 3. The Balaban J connectivity index is 2.68. The molecule has 2 rings (SSSR count). The summed E-state index contributed by atoms with van der Waals surface area (Å²) in [7, 11) is 6.12. The standard InChI is InChI=1S/C16H21N3/c1-16(2,11-17)15(18(3)4)13-10-19(5)14-9-7-6-8-12(13)14/h6-10,15H,1-5H3. The van der Waals surface area contributed by atoms with E-state index in [4.69, 9.17) is 0 Å². The summed E-state index contributed by atoms with van der Waals surface area (Å²) in [5.74, 6) is 0. The Morgan fingerprint density at radius 3 is 2.47 bits per heavy atom. The highest BCUT2D eigenvalue weighted by molar-refractivity contribution is 5.84. The normalized spacial score (nSPS) is 13.7. The minimum absolute atomic E-state index is 0.0728. The van der Waals surface area contributed by atoms with Crippen molar-refractivity contribution in [2.75, 3.05) is 14.1 Å². The molecule has 100 valence electrons. The number of fused-ring (bicyclic) bond motifs is 1. The summed E-state index contributed by atoms with van der Waals surface area (Å²) in [5.41, 5.74) is 1.99. The molecule has 3 heteroatoms. The summed E-state index contributed by atoms with van der Waals surface area (Å²) in [5, 5.41) is 10.7. The van der Waals surface area contributed by atoms with Gasteiger partial charge < -0.3 is 9.47 Å². The van der Waals surface area contributed by atoms with Gasteiger partial charge in [0.2, 0.25) is 0 Å². The van der Waals surface area contributed by atoms with E-state index in [1.54, 1.807) is 0 Å². The van der Waals surface area contributed by atoms with Crippen molar-refractivity contribution in [1.29, 1.82) is 5.26 Å². The van der Waals surface area contributed by atoms with Crippen LogP contribution in [0.25, 0.3) is 10.9 Å². The van der Waals surface area contributed by atoms with Gasteiger partial charge in [0.15, 0.2) is 0 Å². The zero-order valence-corrected chi connectivity index (χ0v) is 12.3. The molecule has 19 heavy (non-hydrogen) atoms. The van der Waals surface area contributed by atoms with Crippen LogP contribution >= 0.6 is 0 Å². The molecular weight excluding hydrogens is 234 g/mol. The lowest BCUT2D eigenvalue weighted by atomic mass is 9.81. The third-order valence-corrected chi connectivity index (χ3v) is 3.71. The second-order valence-corrected chi connectivity index (χ2v) is 5.91. The first kappa shape index (κ1) is 13.6. The minimum Gasteiger partial charge on any atom is -0.350 e. The summed E-state index contributed by atoms with van der Waals surface area (Å²) >= 11 is 0.